The van der Waals surface area contributed by atoms with Gasteiger partial charge in [0, 0.05) is 24.8 Å². The van der Waals surface area contributed by atoms with Crippen LogP contribution in [0.3, 0.4) is 0 Å². The average molecular weight is 312 g/mol. The highest BCUT2D eigenvalue weighted by molar-refractivity contribution is 5.94. The maximum absolute atomic E-state index is 13.4. The standard InChI is InChI=1S/C19H21FN2O/c1-13-9-15(3-4-18(13)20)10-16-6-8-22(12-16)19-11-17(14(2)23)5-7-21-19/h3-5,7,9,11,16H,6,8,10,12H2,1-2H3. The van der Waals surface area contributed by atoms with Crippen molar-refractivity contribution in [2.24, 2.45) is 5.92 Å². The Hall–Kier alpha value is -2.23. The van der Waals surface area contributed by atoms with Gasteiger partial charge in [-0.2, -0.15) is 0 Å². The van der Waals surface area contributed by atoms with Crippen LogP contribution in [0.2, 0.25) is 0 Å². The molecular formula is C19H21FN2O. The Labute approximate surface area is 136 Å². The molecule has 1 aromatic carbocycles. The quantitative estimate of drug-likeness (QED) is 0.805. The van der Waals surface area contributed by atoms with Gasteiger partial charge in [-0.25, -0.2) is 9.37 Å². The van der Waals surface area contributed by atoms with E-state index in [2.05, 4.69) is 9.88 Å². The fraction of sp³-hybridized carbons (Fsp3) is 0.368. The van der Waals surface area contributed by atoms with Gasteiger partial charge in [-0.1, -0.05) is 12.1 Å². The third-order valence-corrected chi connectivity index (χ3v) is 4.51. The minimum Gasteiger partial charge on any atom is -0.356 e. The van der Waals surface area contributed by atoms with Crippen molar-refractivity contribution >= 4 is 11.6 Å². The van der Waals surface area contributed by atoms with Crippen molar-refractivity contribution in [2.75, 3.05) is 18.0 Å². The SMILES string of the molecule is CC(=O)c1ccnc(N2CCC(Cc3ccc(F)c(C)c3)C2)c1. The largest absolute Gasteiger partial charge is 0.356 e. The molecule has 0 N–H and O–H groups in total. The van der Waals surface area contributed by atoms with Gasteiger partial charge < -0.3 is 4.90 Å². The van der Waals surface area contributed by atoms with Gasteiger partial charge >= 0.3 is 0 Å². The lowest BCUT2D eigenvalue weighted by molar-refractivity contribution is 0.101. The van der Waals surface area contributed by atoms with E-state index in [1.54, 1.807) is 32.2 Å². The first-order chi connectivity index (χ1) is 11.0. The summed E-state index contributed by atoms with van der Waals surface area (Å²) in [6.07, 6.45) is 3.73. The lowest BCUT2D eigenvalue weighted by atomic mass is 9.97. The topological polar surface area (TPSA) is 33.2 Å². The Morgan fingerprint density at radius 2 is 2.17 bits per heavy atom. The second-order valence-electron chi connectivity index (χ2n) is 6.35. The zero-order valence-electron chi connectivity index (χ0n) is 13.6. The first-order valence-corrected chi connectivity index (χ1v) is 8.00. The number of anilines is 1. The molecule has 0 radical (unpaired) electrons. The normalized spacial score (nSPS) is 17.5. The van der Waals surface area contributed by atoms with Crippen LogP contribution >= 0.6 is 0 Å². The molecule has 1 aliphatic rings. The third kappa shape index (κ3) is 3.58. The molecule has 120 valence electrons. The lowest BCUT2D eigenvalue weighted by Crippen LogP contribution is -2.21. The van der Waals surface area contributed by atoms with Crippen LogP contribution < -0.4 is 4.90 Å². The van der Waals surface area contributed by atoms with E-state index < -0.39 is 0 Å². The molecule has 3 nitrogen and oxygen atoms in total. The fourth-order valence-electron chi connectivity index (χ4n) is 3.18. The van der Waals surface area contributed by atoms with E-state index in [9.17, 15) is 9.18 Å². The zero-order chi connectivity index (χ0) is 16.4. The molecular weight excluding hydrogens is 291 g/mol. The molecule has 1 fully saturated rings. The number of nitrogens with zero attached hydrogens (tertiary/aromatic N) is 2. The second-order valence-corrected chi connectivity index (χ2v) is 6.35. The monoisotopic (exact) mass is 312 g/mol. The Bertz CT molecular complexity index is 729. The molecule has 1 aliphatic heterocycles. The molecule has 2 aromatic rings. The van der Waals surface area contributed by atoms with Crippen molar-refractivity contribution in [1.82, 2.24) is 4.98 Å². The van der Waals surface area contributed by atoms with E-state index in [4.69, 9.17) is 0 Å². The van der Waals surface area contributed by atoms with Gasteiger partial charge in [-0.3, -0.25) is 4.79 Å². The van der Waals surface area contributed by atoms with Gasteiger partial charge in [-0.05, 0) is 61.9 Å². The van der Waals surface area contributed by atoms with E-state index in [1.807, 2.05) is 18.2 Å². The zero-order valence-corrected chi connectivity index (χ0v) is 13.6. The summed E-state index contributed by atoms with van der Waals surface area (Å²) in [5.74, 6) is 1.32. The van der Waals surface area contributed by atoms with Gasteiger partial charge in [0.25, 0.3) is 0 Å². The van der Waals surface area contributed by atoms with Crippen LogP contribution in [0.5, 0.6) is 0 Å². The number of hydrogen-bond donors (Lipinski definition) is 0. The van der Waals surface area contributed by atoms with E-state index in [1.165, 1.54) is 5.56 Å². The molecule has 0 saturated carbocycles. The number of Topliss-reactive ketones (excluding diaryl/α,β-unsaturated/α-hetero) is 1. The molecule has 1 saturated heterocycles. The van der Waals surface area contributed by atoms with E-state index in [0.29, 0.717) is 17.0 Å². The number of ketones is 1. The number of carbonyl (C=O) groups is 1. The van der Waals surface area contributed by atoms with Crippen molar-refractivity contribution in [3.8, 4) is 0 Å². The highest BCUT2D eigenvalue weighted by atomic mass is 19.1. The fourth-order valence-corrected chi connectivity index (χ4v) is 3.18. The molecule has 4 heteroatoms. The summed E-state index contributed by atoms with van der Waals surface area (Å²) in [7, 11) is 0. The highest BCUT2D eigenvalue weighted by Gasteiger charge is 2.24. The molecule has 23 heavy (non-hydrogen) atoms. The Kier molecular flexibility index (Phi) is 4.42. The first-order valence-electron chi connectivity index (χ1n) is 8.00. The van der Waals surface area contributed by atoms with Crippen LogP contribution in [0.15, 0.2) is 36.5 Å². The summed E-state index contributed by atoms with van der Waals surface area (Å²) in [6, 6.07) is 8.98. The number of carbonyl (C=O) groups excluding carboxylic acids is 1. The van der Waals surface area contributed by atoms with E-state index in [0.717, 1.165) is 31.7 Å². The Morgan fingerprint density at radius 1 is 1.35 bits per heavy atom. The predicted molar refractivity (Wildman–Crippen MR) is 89.4 cm³/mol. The molecule has 0 spiro atoms. The summed E-state index contributed by atoms with van der Waals surface area (Å²) < 4.78 is 13.4. The van der Waals surface area contributed by atoms with Crippen molar-refractivity contribution in [1.29, 1.82) is 0 Å². The summed E-state index contributed by atoms with van der Waals surface area (Å²) in [5.41, 5.74) is 2.59. The second kappa shape index (κ2) is 6.49. The summed E-state index contributed by atoms with van der Waals surface area (Å²) in [5, 5.41) is 0. The third-order valence-electron chi connectivity index (χ3n) is 4.51. The summed E-state index contributed by atoms with van der Waals surface area (Å²) >= 11 is 0. The van der Waals surface area contributed by atoms with Crippen molar-refractivity contribution < 1.29 is 9.18 Å². The number of rotatable bonds is 4. The Morgan fingerprint density at radius 3 is 2.91 bits per heavy atom. The number of pyridine rings is 1. The molecule has 0 bridgehead atoms. The average Bonchev–Trinajstić information content (AvgIpc) is 2.99. The molecule has 3 rings (SSSR count). The van der Waals surface area contributed by atoms with Gasteiger partial charge in [0.1, 0.15) is 11.6 Å². The molecule has 2 heterocycles. The smallest absolute Gasteiger partial charge is 0.159 e. The minimum absolute atomic E-state index is 0.0613. The van der Waals surface area contributed by atoms with Gasteiger partial charge in [0.2, 0.25) is 0 Å². The number of aromatic nitrogens is 1. The number of benzene rings is 1. The van der Waals surface area contributed by atoms with E-state index in [-0.39, 0.29) is 11.6 Å². The van der Waals surface area contributed by atoms with Crippen molar-refractivity contribution in [2.45, 2.75) is 26.7 Å². The minimum atomic E-state index is -0.146. The van der Waals surface area contributed by atoms with Gasteiger partial charge in [0.15, 0.2) is 5.78 Å². The van der Waals surface area contributed by atoms with Gasteiger partial charge in [-0.15, -0.1) is 0 Å². The first kappa shape index (κ1) is 15.7. The van der Waals surface area contributed by atoms with Crippen LogP contribution in [-0.2, 0) is 6.42 Å². The van der Waals surface area contributed by atoms with Crippen LogP contribution in [0.4, 0.5) is 10.2 Å². The maximum atomic E-state index is 13.4. The van der Waals surface area contributed by atoms with Crippen molar-refractivity contribution in [3.05, 3.63) is 59.0 Å². The van der Waals surface area contributed by atoms with Crippen LogP contribution in [0.25, 0.3) is 0 Å². The molecule has 0 amide bonds. The molecule has 1 aromatic heterocycles. The maximum Gasteiger partial charge on any atom is 0.159 e. The van der Waals surface area contributed by atoms with Crippen LogP contribution in [-0.4, -0.2) is 23.9 Å². The predicted octanol–water partition coefficient (Wildman–Crippen LogP) is 3.80. The van der Waals surface area contributed by atoms with E-state index >= 15 is 0 Å². The number of halogens is 1. The molecule has 1 atom stereocenters. The highest BCUT2D eigenvalue weighted by Crippen LogP contribution is 2.26. The number of hydrogen-bond acceptors (Lipinski definition) is 3. The summed E-state index contributed by atoms with van der Waals surface area (Å²) in [6.45, 7) is 5.24. The Balaban J connectivity index is 1.67. The van der Waals surface area contributed by atoms with Crippen molar-refractivity contribution in [3.63, 3.8) is 0 Å². The van der Waals surface area contributed by atoms with Crippen LogP contribution in [0, 0.1) is 18.7 Å². The molecule has 0 aliphatic carbocycles. The molecule has 1 unspecified atom stereocenters. The lowest BCUT2D eigenvalue weighted by Gasteiger charge is -2.18. The number of aryl methyl sites for hydroxylation is 1. The summed E-state index contributed by atoms with van der Waals surface area (Å²) in [4.78, 5) is 18.1. The van der Waals surface area contributed by atoms with Gasteiger partial charge in [0.05, 0.1) is 0 Å². The van der Waals surface area contributed by atoms with Crippen LogP contribution in [0.1, 0.15) is 34.8 Å².